The third kappa shape index (κ3) is 4.32. The van der Waals surface area contributed by atoms with Crippen molar-refractivity contribution in [2.75, 3.05) is 13.1 Å². The average molecular weight is 328 g/mol. The van der Waals surface area contributed by atoms with E-state index in [1.807, 2.05) is 31.2 Å². The molecule has 2 heterocycles. The number of benzene rings is 1. The highest BCUT2D eigenvalue weighted by Crippen LogP contribution is 2.15. The summed E-state index contributed by atoms with van der Waals surface area (Å²) in [4.78, 5) is 14.4. The third-order valence-electron chi connectivity index (χ3n) is 4.10. The van der Waals surface area contributed by atoms with Gasteiger partial charge in [-0.05, 0) is 43.2 Å². The van der Waals surface area contributed by atoms with Crippen molar-refractivity contribution in [2.24, 2.45) is 0 Å². The van der Waals surface area contributed by atoms with Crippen LogP contribution in [0.5, 0.6) is 0 Å². The highest BCUT2D eigenvalue weighted by atomic mass is 19.1. The average Bonchev–Trinajstić information content (AvgIpc) is 2.99. The van der Waals surface area contributed by atoms with Crippen molar-refractivity contribution in [3.63, 3.8) is 0 Å². The van der Waals surface area contributed by atoms with Gasteiger partial charge in [0.1, 0.15) is 17.3 Å². The highest BCUT2D eigenvalue weighted by molar-refractivity contribution is 5.93. The molecule has 1 aliphatic rings. The van der Waals surface area contributed by atoms with Crippen LogP contribution >= 0.6 is 0 Å². The van der Waals surface area contributed by atoms with Gasteiger partial charge >= 0.3 is 0 Å². The van der Waals surface area contributed by atoms with Gasteiger partial charge in [0.05, 0.1) is 6.54 Å². The zero-order chi connectivity index (χ0) is 16.9. The van der Waals surface area contributed by atoms with Crippen LogP contribution in [-0.2, 0) is 17.9 Å². The summed E-state index contributed by atoms with van der Waals surface area (Å²) < 4.78 is 18.7. The van der Waals surface area contributed by atoms with Gasteiger partial charge in [0.2, 0.25) is 5.91 Å². The molecule has 1 aromatic carbocycles. The Hall–Kier alpha value is -2.40. The van der Waals surface area contributed by atoms with Crippen LogP contribution in [0, 0.1) is 12.7 Å². The largest absolute Gasteiger partial charge is 0.465 e. The zero-order valence-electron chi connectivity index (χ0n) is 13.7. The topological polar surface area (TPSA) is 45.5 Å². The first-order valence-electron chi connectivity index (χ1n) is 8.09. The molecule has 0 bridgehead atoms. The molecule has 1 N–H and O–H groups in total. The van der Waals surface area contributed by atoms with E-state index in [1.54, 1.807) is 12.1 Å². The molecule has 3 rings (SSSR count). The highest BCUT2D eigenvalue weighted by Gasteiger charge is 2.17. The minimum absolute atomic E-state index is 0.0468. The summed E-state index contributed by atoms with van der Waals surface area (Å²) in [6.07, 6.45) is 2.64. The van der Waals surface area contributed by atoms with Gasteiger partial charge in [0.15, 0.2) is 0 Å². The van der Waals surface area contributed by atoms with Gasteiger partial charge in [0.25, 0.3) is 0 Å². The summed E-state index contributed by atoms with van der Waals surface area (Å²) in [5.74, 6) is 1.33. The number of hydrogen-bond acceptors (Lipinski definition) is 3. The molecule has 1 aromatic heterocycles. The molecule has 5 heteroatoms. The molecule has 1 amide bonds. The molecule has 0 saturated carbocycles. The maximum Gasteiger partial charge on any atom is 0.247 e. The summed E-state index contributed by atoms with van der Waals surface area (Å²) in [5.41, 5.74) is 1.75. The molecule has 24 heavy (non-hydrogen) atoms. The van der Waals surface area contributed by atoms with Crippen LogP contribution in [0.25, 0.3) is 0 Å². The van der Waals surface area contributed by atoms with Crippen molar-refractivity contribution < 1.29 is 13.6 Å². The Morgan fingerprint density at radius 3 is 2.88 bits per heavy atom. The molecule has 0 aliphatic carbocycles. The van der Waals surface area contributed by atoms with E-state index in [1.165, 1.54) is 6.07 Å². The second-order valence-electron chi connectivity index (χ2n) is 6.04. The number of hydrogen-bond donors (Lipinski definition) is 1. The Labute approximate surface area is 141 Å². The van der Waals surface area contributed by atoms with Crippen LogP contribution in [0.15, 0.2) is 52.5 Å². The van der Waals surface area contributed by atoms with Crippen molar-refractivity contribution in [1.29, 1.82) is 0 Å². The summed E-state index contributed by atoms with van der Waals surface area (Å²) in [5, 5.41) is 2.88. The Morgan fingerprint density at radius 1 is 1.33 bits per heavy atom. The lowest BCUT2D eigenvalue weighted by molar-refractivity contribution is -0.118. The Balaban J connectivity index is 1.50. The number of furan rings is 1. The quantitative estimate of drug-likeness (QED) is 0.917. The third-order valence-corrected chi connectivity index (χ3v) is 4.10. The van der Waals surface area contributed by atoms with Gasteiger partial charge in [-0.2, -0.15) is 0 Å². The van der Waals surface area contributed by atoms with Crippen LogP contribution in [0.4, 0.5) is 4.39 Å². The van der Waals surface area contributed by atoms with E-state index in [0.29, 0.717) is 26.1 Å². The lowest BCUT2D eigenvalue weighted by Crippen LogP contribution is -2.33. The molecule has 1 aliphatic heterocycles. The first kappa shape index (κ1) is 16.5. The summed E-state index contributed by atoms with van der Waals surface area (Å²) in [6, 6.07) is 10.4. The van der Waals surface area contributed by atoms with Gasteiger partial charge < -0.3 is 9.73 Å². The van der Waals surface area contributed by atoms with Crippen LogP contribution in [0.2, 0.25) is 0 Å². The summed E-state index contributed by atoms with van der Waals surface area (Å²) >= 11 is 0. The minimum Gasteiger partial charge on any atom is -0.465 e. The molecular weight excluding hydrogens is 307 g/mol. The van der Waals surface area contributed by atoms with Crippen molar-refractivity contribution in [3.8, 4) is 0 Å². The Kier molecular flexibility index (Phi) is 5.11. The molecule has 0 atom stereocenters. The SMILES string of the molecule is Cc1ccc(CNC(=O)C2=CCN(Cc3cccc(F)c3)CC2)o1. The molecular formula is C19H21FN2O2. The number of nitrogens with one attached hydrogen (secondary N) is 1. The normalized spacial score (nSPS) is 15.2. The predicted molar refractivity (Wildman–Crippen MR) is 89.7 cm³/mol. The molecule has 4 nitrogen and oxygen atoms in total. The molecule has 0 spiro atoms. The Morgan fingerprint density at radius 2 is 2.21 bits per heavy atom. The monoisotopic (exact) mass is 328 g/mol. The van der Waals surface area contributed by atoms with Crippen molar-refractivity contribution in [3.05, 3.63) is 70.9 Å². The van der Waals surface area contributed by atoms with Crippen LogP contribution in [-0.4, -0.2) is 23.9 Å². The van der Waals surface area contributed by atoms with E-state index in [0.717, 1.165) is 29.2 Å². The standard InChI is InChI=1S/C19H21FN2O2/c1-14-5-6-18(24-14)12-21-19(23)16-7-9-22(10-8-16)13-15-3-2-4-17(20)11-15/h2-7,11H,8-10,12-13H2,1H3,(H,21,23). The number of nitrogens with zero attached hydrogens (tertiary/aromatic N) is 1. The molecule has 0 saturated heterocycles. The van der Waals surface area contributed by atoms with Crippen molar-refractivity contribution >= 4 is 5.91 Å². The maximum absolute atomic E-state index is 13.2. The van der Waals surface area contributed by atoms with E-state index in [-0.39, 0.29) is 11.7 Å². The fourth-order valence-corrected chi connectivity index (χ4v) is 2.82. The second kappa shape index (κ2) is 7.45. The van der Waals surface area contributed by atoms with Gasteiger partial charge in [-0.1, -0.05) is 18.2 Å². The van der Waals surface area contributed by atoms with E-state index in [9.17, 15) is 9.18 Å². The summed E-state index contributed by atoms with van der Waals surface area (Å²) in [7, 11) is 0. The second-order valence-corrected chi connectivity index (χ2v) is 6.04. The van der Waals surface area contributed by atoms with E-state index >= 15 is 0 Å². The lowest BCUT2D eigenvalue weighted by Gasteiger charge is -2.25. The lowest BCUT2D eigenvalue weighted by atomic mass is 10.1. The van der Waals surface area contributed by atoms with Gasteiger partial charge in [0, 0.05) is 25.2 Å². The summed E-state index contributed by atoms with van der Waals surface area (Å²) in [6.45, 7) is 4.45. The smallest absolute Gasteiger partial charge is 0.247 e. The van der Waals surface area contributed by atoms with Gasteiger partial charge in [-0.25, -0.2) is 4.39 Å². The first-order valence-corrected chi connectivity index (χ1v) is 8.09. The molecule has 126 valence electrons. The number of aryl methyl sites for hydroxylation is 1. The minimum atomic E-state index is -0.215. The zero-order valence-corrected chi connectivity index (χ0v) is 13.7. The Bertz CT molecular complexity index is 751. The predicted octanol–water partition coefficient (Wildman–Crippen LogP) is 3.18. The molecule has 0 radical (unpaired) electrons. The van der Waals surface area contributed by atoms with Gasteiger partial charge in [-0.15, -0.1) is 0 Å². The van der Waals surface area contributed by atoms with Crippen LogP contribution < -0.4 is 5.32 Å². The fraction of sp³-hybridized carbons (Fsp3) is 0.316. The van der Waals surface area contributed by atoms with E-state index < -0.39 is 0 Å². The molecule has 0 fully saturated rings. The number of rotatable bonds is 5. The fourth-order valence-electron chi connectivity index (χ4n) is 2.82. The van der Waals surface area contributed by atoms with Crippen molar-refractivity contribution in [1.82, 2.24) is 10.2 Å². The van der Waals surface area contributed by atoms with Gasteiger partial charge in [-0.3, -0.25) is 9.69 Å². The molecule has 0 unspecified atom stereocenters. The number of carbonyl (C=O) groups excluding carboxylic acids is 1. The molecule has 2 aromatic rings. The van der Waals surface area contributed by atoms with E-state index in [2.05, 4.69) is 10.2 Å². The number of carbonyl (C=O) groups is 1. The van der Waals surface area contributed by atoms with Crippen LogP contribution in [0.3, 0.4) is 0 Å². The van der Waals surface area contributed by atoms with Crippen molar-refractivity contribution in [2.45, 2.75) is 26.4 Å². The maximum atomic E-state index is 13.2. The van der Waals surface area contributed by atoms with E-state index in [4.69, 9.17) is 4.42 Å². The first-order chi connectivity index (χ1) is 11.6. The van der Waals surface area contributed by atoms with Crippen LogP contribution in [0.1, 0.15) is 23.5 Å². The number of halogens is 1. The number of amides is 1.